The van der Waals surface area contributed by atoms with Crippen molar-refractivity contribution >= 4 is 19.7 Å². The van der Waals surface area contributed by atoms with Crippen LogP contribution >= 0.6 is 7.75 Å². The number of cyclic esters (lactones) is 1. The first kappa shape index (κ1) is 27.7. The second-order valence-corrected chi connectivity index (χ2v) is 10.5. The fourth-order valence-electron chi connectivity index (χ4n) is 3.86. The number of alkyl halides is 1. The summed E-state index contributed by atoms with van der Waals surface area (Å²) >= 11 is 0. The quantitative estimate of drug-likeness (QED) is 0.417. The fraction of sp³-hybridized carbons (Fsp3) is 0.478. The fourth-order valence-corrected chi connectivity index (χ4v) is 5.37. The molecule has 0 saturated carbocycles. The Morgan fingerprint density at radius 1 is 1.16 bits per heavy atom. The van der Waals surface area contributed by atoms with Crippen LogP contribution in [0.5, 0.6) is 5.75 Å². The molecule has 0 radical (unpaired) electrons. The zero-order valence-electron chi connectivity index (χ0n) is 20.5. The van der Waals surface area contributed by atoms with Crippen molar-refractivity contribution < 1.29 is 41.8 Å². The van der Waals surface area contributed by atoms with E-state index in [1.54, 1.807) is 18.2 Å². The number of nitrogens with zero attached hydrogens (tertiary/aromatic N) is 1. The zero-order chi connectivity index (χ0) is 27.4. The second-order valence-electron chi connectivity index (χ2n) is 8.76. The molecule has 6 atom stereocenters. The van der Waals surface area contributed by atoms with Crippen molar-refractivity contribution in [3.8, 4) is 5.75 Å². The van der Waals surface area contributed by atoms with Crippen molar-refractivity contribution in [1.29, 1.82) is 0 Å². The smallest absolute Gasteiger partial charge is 0.459 e. The number of nitrogens with one attached hydrogen (secondary N) is 2. The number of halogens is 1. The van der Waals surface area contributed by atoms with Gasteiger partial charge in [-0.3, -0.25) is 28.5 Å². The third kappa shape index (κ3) is 6.38. The Morgan fingerprint density at radius 2 is 1.89 bits per heavy atom. The van der Waals surface area contributed by atoms with Crippen LogP contribution in [0.2, 0.25) is 0 Å². The number of aromatic amines is 1. The van der Waals surface area contributed by atoms with Gasteiger partial charge in [0, 0.05) is 18.2 Å². The largest absolute Gasteiger partial charge is 0.465 e. The number of ether oxygens (including phenoxy) is 3. The number of hydrogen-bond acceptors (Lipinski definition) is 10. The van der Waals surface area contributed by atoms with Gasteiger partial charge in [0.2, 0.25) is 0 Å². The maximum absolute atomic E-state index is 15.6. The molecule has 0 bridgehead atoms. The first-order chi connectivity index (χ1) is 18.1. The summed E-state index contributed by atoms with van der Waals surface area (Å²) in [5.74, 6) is -1.42. The summed E-state index contributed by atoms with van der Waals surface area (Å²) in [7, 11) is -4.32. The Balaban J connectivity index is 1.65. The average Bonchev–Trinajstić information content (AvgIpc) is 3.17. The monoisotopic (exact) mass is 555 g/mol. The zero-order valence-corrected chi connectivity index (χ0v) is 21.4. The number of hydrogen-bond donors (Lipinski definition) is 2. The molecule has 2 N–H and O–H groups in total. The van der Waals surface area contributed by atoms with Crippen molar-refractivity contribution in [1.82, 2.24) is 14.6 Å². The van der Waals surface area contributed by atoms with Gasteiger partial charge in [0.1, 0.15) is 17.9 Å². The van der Waals surface area contributed by atoms with Gasteiger partial charge in [0.05, 0.1) is 13.2 Å². The molecule has 2 saturated heterocycles. The van der Waals surface area contributed by atoms with Crippen LogP contribution in [0.1, 0.15) is 31.6 Å². The number of carbonyl (C=O) groups excluding carboxylic acids is 2. The van der Waals surface area contributed by atoms with Crippen molar-refractivity contribution in [3.05, 3.63) is 62.9 Å². The van der Waals surface area contributed by atoms with E-state index in [1.165, 1.54) is 26.0 Å². The summed E-state index contributed by atoms with van der Waals surface area (Å²) in [4.78, 5) is 51.0. The van der Waals surface area contributed by atoms with Crippen molar-refractivity contribution in [2.75, 3.05) is 13.2 Å². The van der Waals surface area contributed by atoms with Gasteiger partial charge in [-0.2, -0.15) is 5.09 Å². The van der Waals surface area contributed by atoms with Gasteiger partial charge >= 0.3 is 25.4 Å². The Labute approximate surface area is 215 Å². The van der Waals surface area contributed by atoms with Gasteiger partial charge in [-0.1, -0.05) is 18.2 Å². The van der Waals surface area contributed by atoms with Crippen molar-refractivity contribution in [2.45, 2.75) is 57.3 Å². The van der Waals surface area contributed by atoms with Crippen LogP contribution in [0, 0.1) is 6.92 Å². The van der Waals surface area contributed by atoms with Crippen molar-refractivity contribution in [2.24, 2.45) is 0 Å². The summed E-state index contributed by atoms with van der Waals surface area (Å²) in [5, 5.41) is 2.50. The number of rotatable bonds is 3. The number of aromatic nitrogens is 2. The maximum atomic E-state index is 15.6. The third-order valence-corrected chi connectivity index (χ3v) is 7.45. The van der Waals surface area contributed by atoms with Gasteiger partial charge in [0.15, 0.2) is 18.5 Å². The summed E-state index contributed by atoms with van der Waals surface area (Å²) < 4.78 is 57.3. The molecule has 0 amide bonds. The number of benzene rings is 1. The molecule has 206 valence electrons. The molecule has 4 rings (SSSR count). The SMILES string of the molecule is Cc1cn([C@H]2O[C@H]3COP(=O)(Oc4ccccc4)N[C@@H](C)C(=O)OCCCC(=O)O[C@@H]3[C@H]2F)c(=O)[nH]c1=O. The number of H-pyrrole nitrogens is 1. The highest BCUT2D eigenvalue weighted by Crippen LogP contribution is 2.46. The van der Waals surface area contributed by atoms with Crippen LogP contribution in [0.15, 0.2) is 46.1 Å². The van der Waals surface area contributed by atoms with Gasteiger partial charge < -0.3 is 18.7 Å². The molecule has 0 aliphatic carbocycles. The lowest BCUT2D eigenvalue weighted by atomic mass is 10.1. The second kappa shape index (κ2) is 11.6. The van der Waals surface area contributed by atoms with Gasteiger partial charge in [-0.15, -0.1) is 0 Å². The van der Waals surface area contributed by atoms with Gasteiger partial charge in [-0.25, -0.2) is 13.8 Å². The summed E-state index contributed by atoms with van der Waals surface area (Å²) in [5.41, 5.74) is -1.46. The predicted octanol–water partition coefficient (Wildman–Crippen LogP) is 1.51. The molecule has 1 aromatic heterocycles. The highest BCUT2D eigenvalue weighted by atomic mass is 31.2. The molecule has 1 aromatic carbocycles. The van der Waals surface area contributed by atoms with Crippen LogP contribution in [0.25, 0.3) is 0 Å². The molecule has 0 spiro atoms. The third-order valence-electron chi connectivity index (χ3n) is 5.81. The van der Waals surface area contributed by atoms with E-state index in [-0.39, 0.29) is 30.8 Å². The lowest BCUT2D eigenvalue weighted by molar-refractivity contribution is -0.156. The molecule has 2 aliphatic rings. The number of fused-ring (bicyclic) bond motifs is 1. The summed E-state index contributed by atoms with van der Waals surface area (Å²) in [6.07, 6.45) is -5.52. The van der Waals surface area contributed by atoms with Crippen LogP contribution in [-0.4, -0.2) is 59.1 Å². The van der Waals surface area contributed by atoms with Crippen molar-refractivity contribution in [3.63, 3.8) is 0 Å². The number of esters is 2. The highest BCUT2D eigenvalue weighted by Gasteiger charge is 2.50. The first-order valence-electron chi connectivity index (χ1n) is 11.8. The molecule has 2 fully saturated rings. The summed E-state index contributed by atoms with van der Waals surface area (Å²) in [6, 6.07) is 6.84. The van der Waals surface area contributed by atoms with Gasteiger partial charge in [-0.05, 0) is 32.4 Å². The number of aryl methyl sites for hydroxylation is 1. The first-order valence-corrected chi connectivity index (χ1v) is 13.4. The standard InChI is InChI=1S/C23H27FN3O10P/c1-13-11-27(23(31)25-20(13)29)21-18(24)19-16(35-21)12-34-38(32,37-15-7-4-3-5-8-15)26-14(2)22(30)33-10-6-9-17(28)36-19/h3-5,7-8,11,14,16,18-19,21H,6,9-10,12H2,1-2H3,(H,26,32)(H,25,29,31)/t14-,16-,18+,19-,21-,38?/m0/s1. The van der Waals surface area contributed by atoms with E-state index in [1.807, 2.05) is 0 Å². The lowest BCUT2D eigenvalue weighted by Gasteiger charge is -2.26. The topological polar surface area (TPSA) is 164 Å². The Hall–Kier alpha value is -3.32. The van der Waals surface area contributed by atoms with Crippen LogP contribution in [-0.2, 0) is 32.9 Å². The Bertz CT molecular complexity index is 1330. The van der Waals surface area contributed by atoms with E-state index in [0.717, 1.165) is 10.8 Å². The van der Waals surface area contributed by atoms with E-state index in [9.17, 15) is 23.7 Å². The van der Waals surface area contributed by atoms with Crippen LogP contribution in [0.4, 0.5) is 4.39 Å². The minimum absolute atomic E-state index is 0.0865. The molecule has 3 heterocycles. The molecule has 38 heavy (non-hydrogen) atoms. The van der Waals surface area contributed by atoms with E-state index in [4.69, 9.17) is 23.3 Å². The van der Waals surface area contributed by atoms with E-state index in [2.05, 4.69) is 10.1 Å². The molecule has 1 unspecified atom stereocenters. The molecule has 13 nitrogen and oxygen atoms in total. The Kier molecular flexibility index (Phi) is 8.46. The molecule has 2 aromatic rings. The minimum Gasteiger partial charge on any atom is -0.465 e. The van der Waals surface area contributed by atoms with Crippen LogP contribution in [0.3, 0.4) is 0 Å². The molecular formula is C23H27FN3O10P. The number of carbonyl (C=O) groups is 2. The maximum Gasteiger partial charge on any atom is 0.459 e. The molecule has 15 heteroatoms. The van der Waals surface area contributed by atoms with E-state index in [0.29, 0.717) is 0 Å². The number of para-hydroxylation sites is 1. The average molecular weight is 555 g/mol. The summed E-state index contributed by atoms with van der Waals surface area (Å²) in [6.45, 7) is 2.04. The van der Waals surface area contributed by atoms with Gasteiger partial charge in [0.25, 0.3) is 5.56 Å². The Morgan fingerprint density at radius 3 is 2.63 bits per heavy atom. The van der Waals surface area contributed by atoms with Crippen LogP contribution < -0.4 is 20.9 Å². The highest BCUT2D eigenvalue weighted by molar-refractivity contribution is 7.52. The predicted molar refractivity (Wildman–Crippen MR) is 128 cm³/mol. The lowest BCUT2D eigenvalue weighted by Crippen LogP contribution is -2.39. The van der Waals surface area contributed by atoms with E-state index < -0.39 is 68.2 Å². The normalized spacial score (nSPS) is 31.0. The van der Waals surface area contributed by atoms with E-state index >= 15 is 4.39 Å². The minimum atomic E-state index is -4.32. The molecular weight excluding hydrogens is 528 g/mol. The molecule has 2 aliphatic heterocycles.